The maximum Gasteiger partial charge on any atom is 0.194 e. The Bertz CT molecular complexity index is 532. The predicted octanol–water partition coefficient (Wildman–Crippen LogP) is 3.51. The number of hydrogen-bond donors (Lipinski definition) is 1. The van der Waals surface area contributed by atoms with E-state index in [-0.39, 0.29) is 5.78 Å². The molecule has 2 rings (SSSR count). The summed E-state index contributed by atoms with van der Waals surface area (Å²) in [5, 5.41) is 0. The Hall–Kier alpha value is -1.54. The molecule has 80 valence electrons. The normalized spacial score (nSPS) is 10.1. The van der Waals surface area contributed by atoms with Crippen molar-refractivity contribution in [3.8, 4) is 0 Å². The van der Waals surface area contributed by atoms with Gasteiger partial charge in [-0.15, -0.1) is 12.6 Å². The lowest BCUT2D eigenvalue weighted by Crippen LogP contribution is -2.02. The van der Waals surface area contributed by atoms with Crippen LogP contribution >= 0.6 is 12.6 Å². The van der Waals surface area contributed by atoms with Crippen molar-refractivity contribution in [2.45, 2.75) is 11.8 Å². The van der Waals surface area contributed by atoms with E-state index in [9.17, 15) is 4.79 Å². The average molecular weight is 228 g/mol. The highest BCUT2D eigenvalue weighted by atomic mass is 32.1. The molecule has 0 aliphatic rings. The molecule has 0 saturated heterocycles. The van der Waals surface area contributed by atoms with Crippen LogP contribution < -0.4 is 0 Å². The van der Waals surface area contributed by atoms with Crippen LogP contribution in [0.15, 0.2) is 53.4 Å². The van der Waals surface area contributed by atoms with Gasteiger partial charge in [-0.05, 0) is 25.1 Å². The van der Waals surface area contributed by atoms with Gasteiger partial charge in [0, 0.05) is 16.0 Å². The van der Waals surface area contributed by atoms with Crippen molar-refractivity contribution in [2.75, 3.05) is 0 Å². The van der Waals surface area contributed by atoms with Crippen LogP contribution in [0, 0.1) is 6.92 Å². The maximum absolute atomic E-state index is 12.2. The van der Waals surface area contributed by atoms with Gasteiger partial charge in [0.2, 0.25) is 0 Å². The van der Waals surface area contributed by atoms with Crippen molar-refractivity contribution in [3.05, 3.63) is 65.2 Å². The quantitative estimate of drug-likeness (QED) is 0.615. The molecule has 2 aromatic rings. The van der Waals surface area contributed by atoms with E-state index in [0.29, 0.717) is 16.0 Å². The second kappa shape index (κ2) is 4.54. The first-order chi connectivity index (χ1) is 7.68. The van der Waals surface area contributed by atoms with Gasteiger partial charge in [0.05, 0.1) is 0 Å². The van der Waals surface area contributed by atoms with Crippen molar-refractivity contribution >= 4 is 18.4 Å². The summed E-state index contributed by atoms with van der Waals surface area (Å²) in [6, 6.07) is 14.9. The summed E-state index contributed by atoms with van der Waals surface area (Å²) in [6.07, 6.45) is 0. The van der Waals surface area contributed by atoms with Gasteiger partial charge < -0.3 is 0 Å². The second-order valence-corrected chi connectivity index (χ2v) is 4.20. The van der Waals surface area contributed by atoms with Crippen LogP contribution in [-0.4, -0.2) is 5.78 Å². The van der Waals surface area contributed by atoms with E-state index < -0.39 is 0 Å². The highest BCUT2D eigenvalue weighted by Crippen LogP contribution is 2.18. The standard InChI is InChI=1S/C14H12OS/c1-10-5-4-6-11(9-10)14(15)12-7-2-3-8-13(12)16/h2-9,16H,1H3. The van der Waals surface area contributed by atoms with E-state index in [0.717, 1.165) is 5.56 Å². The highest BCUT2D eigenvalue weighted by Gasteiger charge is 2.11. The Kier molecular flexibility index (Phi) is 3.11. The zero-order chi connectivity index (χ0) is 11.5. The van der Waals surface area contributed by atoms with Gasteiger partial charge in [0.15, 0.2) is 5.78 Å². The first-order valence-electron chi connectivity index (χ1n) is 5.08. The molecule has 0 aliphatic heterocycles. The Balaban J connectivity index is 2.44. The first kappa shape index (κ1) is 11.0. The molecule has 2 aromatic carbocycles. The van der Waals surface area contributed by atoms with Gasteiger partial charge in [-0.25, -0.2) is 0 Å². The van der Waals surface area contributed by atoms with Crippen LogP contribution in [-0.2, 0) is 0 Å². The maximum atomic E-state index is 12.2. The number of carbonyl (C=O) groups is 1. The van der Waals surface area contributed by atoms with E-state index in [1.165, 1.54) is 0 Å². The van der Waals surface area contributed by atoms with Crippen molar-refractivity contribution in [1.29, 1.82) is 0 Å². The molecule has 0 aromatic heterocycles. The number of thiol groups is 1. The van der Waals surface area contributed by atoms with Gasteiger partial charge >= 0.3 is 0 Å². The third-order valence-electron chi connectivity index (χ3n) is 2.43. The number of ketones is 1. The Morgan fingerprint density at radius 1 is 1.06 bits per heavy atom. The topological polar surface area (TPSA) is 17.1 Å². The first-order valence-corrected chi connectivity index (χ1v) is 5.52. The summed E-state index contributed by atoms with van der Waals surface area (Å²) >= 11 is 4.29. The molecule has 0 heterocycles. The Morgan fingerprint density at radius 3 is 2.50 bits per heavy atom. The van der Waals surface area contributed by atoms with Crippen LogP contribution in [0.25, 0.3) is 0 Å². The number of aryl methyl sites for hydroxylation is 1. The molecule has 0 unspecified atom stereocenters. The molecular weight excluding hydrogens is 216 g/mol. The van der Waals surface area contributed by atoms with Crippen LogP contribution in [0.3, 0.4) is 0 Å². The van der Waals surface area contributed by atoms with Crippen molar-refractivity contribution in [1.82, 2.24) is 0 Å². The Morgan fingerprint density at radius 2 is 1.81 bits per heavy atom. The van der Waals surface area contributed by atoms with Gasteiger partial charge in [0.1, 0.15) is 0 Å². The summed E-state index contributed by atoms with van der Waals surface area (Å²) in [6.45, 7) is 1.98. The minimum absolute atomic E-state index is 0.0225. The lowest BCUT2D eigenvalue weighted by atomic mass is 10.0. The summed E-state index contributed by atoms with van der Waals surface area (Å²) in [7, 11) is 0. The lowest BCUT2D eigenvalue weighted by molar-refractivity contribution is 0.103. The smallest absolute Gasteiger partial charge is 0.194 e. The molecule has 0 amide bonds. The summed E-state index contributed by atoms with van der Waals surface area (Å²) in [5.74, 6) is 0.0225. The number of benzene rings is 2. The molecule has 0 atom stereocenters. The van der Waals surface area contributed by atoms with Gasteiger partial charge in [-0.2, -0.15) is 0 Å². The molecule has 16 heavy (non-hydrogen) atoms. The SMILES string of the molecule is Cc1cccc(C(=O)c2ccccc2S)c1. The predicted molar refractivity (Wildman–Crippen MR) is 68.3 cm³/mol. The van der Waals surface area contributed by atoms with Crippen LogP contribution in [0.5, 0.6) is 0 Å². The van der Waals surface area contributed by atoms with Gasteiger partial charge in [0.25, 0.3) is 0 Å². The van der Waals surface area contributed by atoms with Crippen molar-refractivity contribution in [2.24, 2.45) is 0 Å². The molecule has 0 radical (unpaired) electrons. The largest absolute Gasteiger partial charge is 0.289 e. The molecule has 2 heteroatoms. The average Bonchev–Trinajstić information content (AvgIpc) is 2.29. The second-order valence-electron chi connectivity index (χ2n) is 3.72. The minimum atomic E-state index is 0.0225. The Labute approximate surface area is 101 Å². The van der Waals surface area contributed by atoms with E-state index in [2.05, 4.69) is 12.6 Å². The fourth-order valence-electron chi connectivity index (χ4n) is 1.61. The van der Waals surface area contributed by atoms with Gasteiger partial charge in [-0.1, -0.05) is 35.9 Å². The molecule has 0 fully saturated rings. The fourth-order valence-corrected chi connectivity index (χ4v) is 1.87. The fraction of sp³-hybridized carbons (Fsp3) is 0.0714. The van der Waals surface area contributed by atoms with Crippen LogP contribution in [0.2, 0.25) is 0 Å². The minimum Gasteiger partial charge on any atom is -0.289 e. The third-order valence-corrected chi connectivity index (χ3v) is 2.82. The molecule has 0 bridgehead atoms. The van der Waals surface area contributed by atoms with E-state index >= 15 is 0 Å². The number of hydrogen-bond acceptors (Lipinski definition) is 2. The van der Waals surface area contributed by atoms with Crippen LogP contribution in [0.4, 0.5) is 0 Å². The zero-order valence-electron chi connectivity index (χ0n) is 8.97. The van der Waals surface area contributed by atoms with E-state index in [1.54, 1.807) is 6.07 Å². The van der Waals surface area contributed by atoms with E-state index in [1.807, 2.05) is 49.4 Å². The van der Waals surface area contributed by atoms with E-state index in [4.69, 9.17) is 0 Å². The molecule has 0 spiro atoms. The van der Waals surface area contributed by atoms with Crippen LogP contribution in [0.1, 0.15) is 21.5 Å². The summed E-state index contributed by atoms with van der Waals surface area (Å²) < 4.78 is 0. The van der Waals surface area contributed by atoms with Crippen molar-refractivity contribution in [3.63, 3.8) is 0 Å². The third kappa shape index (κ3) is 2.17. The summed E-state index contributed by atoms with van der Waals surface area (Å²) in [5.41, 5.74) is 2.44. The van der Waals surface area contributed by atoms with Gasteiger partial charge in [-0.3, -0.25) is 4.79 Å². The summed E-state index contributed by atoms with van der Waals surface area (Å²) in [4.78, 5) is 12.9. The number of carbonyl (C=O) groups excluding carboxylic acids is 1. The number of rotatable bonds is 2. The van der Waals surface area contributed by atoms with Crippen molar-refractivity contribution < 1.29 is 4.79 Å². The molecular formula is C14H12OS. The molecule has 0 N–H and O–H groups in total. The highest BCUT2D eigenvalue weighted by molar-refractivity contribution is 7.80. The molecule has 1 nitrogen and oxygen atoms in total. The molecule has 0 saturated carbocycles. The molecule has 0 aliphatic carbocycles. The lowest BCUT2D eigenvalue weighted by Gasteiger charge is -2.04. The zero-order valence-corrected chi connectivity index (χ0v) is 9.87. The monoisotopic (exact) mass is 228 g/mol.